The Morgan fingerprint density at radius 2 is 1.87 bits per heavy atom. The molecule has 1 aromatic carbocycles. The summed E-state index contributed by atoms with van der Waals surface area (Å²) in [5.74, 6) is -1.85. The molecule has 0 spiro atoms. The maximum atomic E-state index is 13.6. The third-order valence-electron chi connectivity index (χ3n) is 5.46. The number of carbonyl (C=O) groups excluding carboxylic acids is 1. The van der Waals surface area contributed by atoms with Gasteiger partial charge in [-0.2, -0.15) is 18.3 Å². The van der Waals surface area contributed by atoms with Crippen molar-refractivity contribution >= 4 is 11.9 Å². The fourth-order valence-corrected chi connectivity index (χ4v) is 4.01. The number of rotatable bonds is 7. The highest BCUT2D eigenvalue weighted by molar-refractivity contribution is 5.96. The molecule has 0 bridgehead atoms. The summed E-state index contributed by atoms with van der Waals surface area (Å²) >= 11 is 0. The molecule has 1 fully saturated rings. The highest BCUT2D eigenvalue weighted by Gasteiger charge is 2.35. The van der Waals surface area contributed by atoms with Gasteiger partial charge >= 0.3 is 12.1 Å². The molecule has 0 radical (unpaired) electrons. The van der Waals surface area contributed by atoms with Gasteiger partial charge in [-0.25, -0.2) is 4.79 Å². The maximum absolute atomic E-state index is 13.6. The maximum Gasteiger partial charge on any atom is 0.417 e. The van der Waals surface area contributed by atoms with Gasteiger partial charge in [0.15, 0.2) is 5.69 Å². The number of halogens is 3. The minimum absolute atomic E-state index is 0.0340. The summed E-state index contributed by atoms with van der Waals surface area (Å²) in [5, 5.41) is 16.2. The average molecular weight is 437 g/mol. The van der Waals surface area contributed by atoms with Crippen molar-refractivity contribution in [3.8, 4) is 11.3 Å². The van der Waals surface area contributed by atoms with Crippen molar-refractivity contribution in [2.45, 2.75) is 64.2 Å². The first-order valence-electron chi connectivity index (χ1n) is 10.4. The van der Waals surface area contributed by atoms with E-state index in [-0.39, 0.29) is 35.3 Å². The summed E-state index contributed by atoms with van der Waals surface area (Å²) in [6.07, 6.45) is -0.947. The van der Waals surface area contributed by atoms with E-state index in [4.69, 9.17) is 0 Å². The van der Waals surface area contributed by atoms with Crippen LogP contribution in [0.2, 0.25) is 0 Å². The molecule has 1 amide bonds. The summed E-state index contributed by atoms with van der Waals surface area (Å²) in [5.41, 5.74) is -0.732. The third kappa shape index (κ3) is 5.26. The van der Waals surface area contributed by atoms with Gasteiger partial charge in [-0.3, -0.25) is 9.48 Å². The standard InChI is InChI=1S/C22H26F3N3O3/c1-13(2)11-18(21(30)31)26-20(29)17-12-19(28(27-17)14-7-3-4-8-14)15-9-5-6-10-16(15)22(23,24)25/h5-6,9-10,12-14,18H,3-4,7-8,11H2,1-2H3,(H,26,29)(H,30,31)/t18-/m0/s1. The molecular formula is C22H26F3N3O3. The Kier molecular flexibility index (Phi) is 6.71. The number of aliphatic carboxylic acids is 1. The first-order valence-corrected chi connectivity index (χ1v) is 10.4. The molecule has 2 N–H and O–H groups in total. The van der Waals surface area contributed by atoms with Crippen LogP contribution in [0.4, 0.5) is 13.2 Å². The van der Waals surface area contributed by atoms with E-state index in [2.05, 4.69) is 10.4 Å². The van der Waals surface area contributed by atoms with E-state index in [0.717, 1.165) is 31.7 Å². The van der Waals surface area contributed by atoms with E-state index in [9.17, 15) is 27.9 Å². The summed E-state index contributed by atoms with van der Waals surface area (Å²) in [7, 11) is 0. The van der Waals surface area contributed by atoms with Crippen molar-refractivity contribution < 1.29 is 27.9 Å². The van der Waals surface area contributed by atoms with Gasteiger partial charge in [-0.1, -0.05) is 44.9 Å². The number of carboxylic acid groups (broad SMARTS) is 1. The van der Waals surface area contributed by atoms with Gasteiger partial charge in [0.2, 0.25) is 0 Å². The largest absolute Gasteiger partial charge is 0.480 e. The van der Waals surface area contributed by atoms with Crippen LogP contribution in [0.3, 0.4) is 0 Å². The highest BCUT2D eigenvalue weighted by atomic mass is 19.4. The number of amides is 1. The lowest BCUT2D eigenvalue weighted by molar-refractivity contribution is -0.139. The Morgan fingerprint density at radius 3 is 2.45 bits per heavy atom. The van der Waals surface area contributed by atoms with Crippen LogP contribution in [0.15, 0.2) is 30.3 Å². The fraction of sp³-hybridized carbons (Fsp3) is 0.500. The second-order valence-electron chi connectivity index (χ2n) is 8.33. The summed E-state index contributed by atoms with van der Waals surface area (Å²) in [6, 6.07) is 5.32. The zero-order valence-electron chi connectivity index (χ0n) is 17.4. The van der Waals surface area contributed by atoms with Crippen molar-refractivity contribution in [3.05, 3.63) is 41.6 Å². The molecule has 0 saturated heterocycles. The van der Waals surface area contributed by atoms with Crippen LogP contribution >= 0.6 is 0 Å². The molecule has 0 unspecified atom stereocenters. The molecule has 1 atom stereocenters. The molecule has 0 aliphatic heterocycles. The molecule has 3 rings (SSSR count). The highest BCUT2D eigenvalue weighted by Crippen LogP contribution is 2.40. The van der Waals surface area contributed by atoms with Crippen LogP contribution in [-0.2, 0) is 11.0 Å². The Balaban J connectivity index is 2.02. The average Bonchev–Trinajstić information content (AvgIpc) is 3.36. The Bertz CT molecular complexity index is 947. The molecular weight excluding hydrogens is 411 g/mol. The topological polar surface area (TPSA) is 84.2 Å². The van der Waals surface area contributed by atoms with E-state index in [1.807, 2.05) is 13.8 Å². The smallest absolute Gasteiger partial charge is 0.417 e. The summed E-state index contributed by atoms with van der Waals surface area (Å²) in [4.78, 5) is 24.3. The minimum atomic E-state index is -4.56. The second kappa shape index (κ2) is 9.11. The molecule has 168 valence electrons. The number of nitrogens with zero attached hydrogens (tertiary/aromatic N) is 2. The minimum Gasteiger partial charge on any atom is -0.480 e. The van der Waals surface area contributed by atoms with Crippen LogP contribution in [-0.4, -0.2) is 32.8 Å². The molecule has 1 aliphatic carbocycles. The van der Waals surface area contributed by atoms with Crippen molar-refractivity contribution in [1.82, 2.24) is 15.1 Å². The number of aromatic nitrogens is 2. The first-order chi connectivity index (χ1) is 14.6. The van der Waals surface area contributed by atoms with E-state index in [0.29, 0.717) is 0 Å². The van der Waals surface area contributed by atoms with Crippen molar-refractivity contribution in [1.29, 1.82) is 0 Å². The molecule has 9 heteroatoms. The molecule has 1 aliphatic rings. The number of carboxylic acids is 1. The molecule has 2 aromatic rings. The van der Waals surface area contributed by atoms with Crippen LogP contribution < -0.4 is 5.32 Å². The van der Waals surface area contributed by atoms with Crippen molar-refractivity contribution in [2.24, 2.45) is 5.92 Å². The van der Waals surface area contributed by atoms with Crippen molar-refractivity contribution in [3.63, 3.8) is 0 Å². The third-order valence-corrected chi connectivity index (χ3v) is 5.46. The lowest BCUT2D eigenvalue weighted by Crippen LogP contribution is -2.41. The Labute approximate surface area is 178 Å². The van der Waals surface area contributed by atoms with Crippen LogP contribution in [0.1, 0.15) is 68.0 Å². The normalized spacial score (nSPS) is 15.9. The monoisotopic (exact) mass is 437 g/mol. The molecule has 1 aromatic heterocycles. The fourth-order valence-electron chi connectivity index (χ4n) is 4.01. The number of benzene rings is 1. The second-order valence-corrected chi connectivity index (χ2v) is 8.33. The molecule has 6 nitrogen and oxygen atoms in total. The lowest BCUT2D eigenvalue weighted by Gasteiger charge is -2.17. The summed E-state index contributed by atoms with van der Waals surface area (Å²) in [6.45, 7) is 3.67. The predicted molar refractivity (Wildman–Crippen MR) is 109 cm³/mol. The van der Waals surface area contributed by atoms with Gasteiger partial charge in [0.1, 0.15) is 6.04 Å². The molecule has 1 saturated carbocycles. The van der Waals surface area contributed by atoms with Crippen LogP contribution in [0.25, 0.3) is 11.3 Å². The molecule has 31 heavy (non-hydrogen) atoms. The number of carbonyl (C=O) groups is 2. The van der Waals surface area contributed by atoms with Crippen LogP contribution in [0.5, 0.6) is 0 Å². The Hall–Kier alpha value is -2.84. The SMILES string of the molecule is CC(C)C[C@H](NC(=O)c1cc(-c2ccccc2C(F)(F)F)n(C2CCCC2)n1)C(=O)O. The van der Waals surface area contributed by atoms with Gasteiger partial charge in [0, 0.05) is 5.56 Å². The van der Waals surface area contributed by atoms with Crippen molar-refractivity contribution in [2.75, 3.05) is 0 Å². The number of hydrogen-bond donors (Lipinski definition) is 2. The van der Waals surface area contributed by atoms with Gasteiger partial charge < -0.3 is 10.4 Å². The number of alkyl halides is 3. The number of hydrogen-bond acceptors (Lipinski definition) is 3. The van der Waals surface area contributed by atoms with Gasteiger partial charge in [-0.15, -0.1) is 0 Å². The van der Waals surface area contributed by atoms with E-state index in [1.165, 1.54) is 28.9 Å². The number of nitrogens with one attached hydrogen (secondary N) is 1. The van der Waals surface area contributed by atoms with Gasteiger partial charge in [0.25, 0.3) is 5.91 Å². The van der Waals surface area contributed by atoms with Crippen LogP contribution in [0, 0.1) is 5.92 Å². The van der Waals surface area contributed by atoms with E-state index >= 15 is 0 Å². The predicted octanol–water partition coefficient (Wildman–Crippen LogP) is 4.91. The lowest BCUT2D eigenvalue weighted by atomic mass is 10.0. The van der Waals surface area contributed by atoms with E-state index in [1.54, 1.807) is 0 Å². The van der Waals surface area contributed by atoms with Gasteiger partial charge in [0.05, 0.1) is 17.3 Å². The van der Waals surface area contributed by atoms with Gasteiger partial charge in [-0.05, 0) is 37.3 Å². The summed E-state index contributed by atoms with van der Waals surface area (Å²) < 4.78 is 42.4. The Morgan fingerprint density at radius 1 is 1.23 bits per heavy atom. The zero-order valence-corrected chi connectivity index (χ0v) is 17.4. The zero-order chi connectivity index (χ0) is 22.8. The first kappa shape index (κ1) is 22.8. The molecule has 1 heterocycles. The van der Waals surface area contributed by atoms with E-state index < -0.39 is 29.7 Å². The quantitative estimate of drug-likeness (QED) is 0.644.